The minimum absolute atomic E-state index is 0.179. The molecule has 0 bridgehead atoms. The second-order valence-corrected chi connectivity index (χ2v) is 6.49. The zero-order chi connectivity index (χ0) is 16.3. The van der Waals surface area contributed by atoms with Crippen LogP contribution < -0.4 is 10.1 Å². The van der Waals surface area contributed by atoms with Crippen LogP contribution in [0.4, 0.5) is 14.9 Å². The number of anilines is 1. The number of carbonyl (C=O) groups is 1. The Hall–Kier alpha value is -1.82. The standard InChI is InChI=1S/C16H23FN2O3/c1-16(2,21)10-19(3)15(20)18-13-7-6-12(17)8-14(13)22-9-11-4-5-11/h6-8,11,21H,4-5,9-10H2,1-3H3,(H,18,20). The van der Waals surface area contributed by atoms with Gasteiger partial charge in [0.25, 0.3) is 0 Å². The summed E-state index contributed by atoms with van der Waals surface area (Å²) in [7, 11) is 1.58. The number of amides is 2. The van der Waals surface area contributed by atoms with E-state index in [0.29, 0.717) is 24.0 Å². The quantitative estimate of drug-likeness (QED) is 0.849. The summed E-state index contributed by atoms with van der Waals surface area (Å²) in [5.41, 5.74) is -0.560. The average molecular weight is 310 g/mol. The zero-order valence-electron chi connectivity index (χ0n) is 13.2. The van der Waals surface area contributed by atoms with E-state index in [1.807, 2.05) is 0 Å². The molecule has 2 amide bonds. The molecule has 1 aliphatic carbocycles. The van der Waals surface area contributed by atoms with Gasteiger partial charge < -0.3 is 20.1 Å². The molecular formula is C16H23FN2O3. The molecule has 0 unspecified atom stereocenters. The molecule has 0 atom stereocenters. The van der Waals surface area contributed by atoms with E-state index in [1.165, 1.54) is 23.1 Å². The number of nitrogens with zero attached hydrogens (tertiary/aromatic N) is 1. The van der Waals surface area contributed by atoms with E-state index in [1.54, 1.807) is 20.9 Å². The monoisotopic (exact) mass is 310 g/mol. The number of hydrogen-bond donors (Lipinski definition) is 2. The lowest BCUT2D eigenvalue weighted by atomic mass is 10.1. The number of rotatable bonds is 6. The van der Waals surface area contributed by atoms with Crippen LogP contribution >= 0.6 is 0 Å². The van der Waals surface area contributed by atoms with Crippen molar-refractivity contribution in [3.05, 3.63) is 24.0 Å². The summed E-state index contributed by atoms with van der Waals surface area (Å²) in [6.07, 6.45) is 2.26. The Morgan fingerprint density at radius 3 is 2.77 bits per heavy atom. The maximum Gasteiger partial charge on any atom is 0.321 e. The van der Waals surface area contributed by atoms with Crippen molar-refractivity contribution in [2.75, 3.05) is 25.5 Å². The molecule has 0 aromatic heterocycles. The van der Waals surface area contributed by atoms with Gasteiger partial charge in [-0.1, -0.05) is 0 Å². The van der Waals surface area contributed by atoms with Crippen LogP contribution in [0.25, 0.3) is 0 Å². The van der Waals surface area contributed by atoms with Crippen molar-refractivity contribution in [2.24, 2.45) is 5.92 Å². The molecule has 6 heteroatoms. The number of nitrogens with one attached hydrogen (secondary N) is 1. The number of likely N-dealkylation sites (N-methyl/N-ethyl adjacent to an activating group) is 1. The van der Waals surface area contributed by atoms with E-state index < -0.39 is 11.4 Å². The SMILES string of the molecule is CN(CC(C)(C)O)C(=O)Nc1ccc(F)cc1OCC1CC1. The highest BCUT2D eigenvalue weighted by molar-refractivity contribution is 5.90. The van der Waals surface area contributed by atoms with Gasteiger partial charge in [0.2, 0.25) is 0 Å². The highest BCUT2D eigenvalue weighted by Crippen LogP contribution is 2.32. The lowest BCUT2D eigenvalue weighted by Crippen LogP contribution is -2.41. The highest BCUT2D eigenvalue weighted by atomic mass is 19.1. The average Bonchev–Trinajstić information content (AvgIpc) is 3.21. The van der Waals surface area contributed by atoms with Gasteiger partial charge in [-0.3, -0.25) is 0 Å². The molecule has 1 aliphatic rings. The number of halogens is 1. The van der Waals surface area contributed by atoms with E-state index in [0.717, 1.165) is 12.8 Å². The number of ether oxygens (including phenoxy) is 1. The third-order valence-electron chi connectivity index (χ3n) is 3.33. The third kappa shape index (κ3) is 5.18. The summed E-state index contributed by atoms with van der Waals surface area (Å²) >= 11 is 0. The predicted molar refractivity (Wildman–Crippen MR) is 82.6 cm³/mol. The Morgan fingerprint density at radius 1 is 1.50 bits per heavy atom. The van der Waals surface area contributed by atoms with Crippen LogP contribution in [-0.4, -0.2) is 41.8 Å². The van der Waals surface area contributed by atoms with Gasteiger partial charge in [-0.15, -0.1) is 0 Å². The van der Waals surface area contributed by atoms with Gasteiger partial charge in [-0.2, -0.15) is 0 Å². The number of urea groups is 1. The van der Waals surface area contributed by atoms with Crippen LogP contribution in [0, 0.1) is 11.7 Å². The molecule has 0 heterocycles. The lowest BCUT2D eigenvalue weighted by Gasteiger charge is -2.26. The fourth-order valence-electron chi connectivity index (χ4n) is 2.07. The smallest absolute Gasteiger partial charge is 0.321 e. The van der Waals surface area contributed by atoms with Crippen molar-refractivity contribution in [3.63, 3.8) is 0 Å². The maximum absolute atomic E-state index is 13.4. The fraction of sp³-hybridized carbons (Fsp3) is 0.562. The predicted octanol–water partition coefficient (Wildman–Crippen LogP) is 2.85. The van der Waals surface area contributed by atoms with Gasteiger partial charge >= 0.3 is 6.03 Å². The fourth-order valence-corrected chi connectivity index (χ4v) is 2.07. The van der Waals surface area contributed by atoms with Crippen LogP contribution in [0.15, 0.2) is 18.2 Å². The number of carbonyl (C=O) groups excluding carboxylic acids is 1. The molecule has 1 fully saturated rings. The first-order valence-electron chi connectivity index (χ1n) is 7.41. The van der Waals surface area contributed by atoms with E-state index in [-0.39, 0.29) is 12.6 Å². The van der Waals surface area contributed by atoms with E-state index in [2.05, 4.69) is 5.32 Å². The Morgan fingerprint density at radius 2 is 2.18 bits per heavy atom. The number of hydrogen-bond acceptors (Lipinski definition) is 3. The van der Waals surface area contributed by atoms with Crippen LogP contribution in [0.1, 0.15) is 26.7 Å². The molecule has 5 nitrogen and oxygen atoms in total. The molecule has 0 radical (unpaired) electrons. The summed E-state index contributed by atoms with van der Waals surface area (Å²) in [5.74, 6) is 0.454. The van der Waals surface area contributed by atoms with Gasteiger partial charge in [0, 0.05) is 13.1 Å². The lowest BCUT2D eigenvalue weighted by molar-refractivity contribution is 0.0550. The molecule has 2 rings (SSSR count). The van der Waals surface area contributed by atoms with Crippen molar-refractivity contribution >= 4 is 11.7 Å². The van der Waals surface area contributed by atoms with Crippen molar-refractivity contribution < 1.29 is 19.0 Å². The summed E-state index contributed by atoms with van der Waals surface area (Å²) in [6.45, 7) is 3.96. The molecule has 0 spiro atoms. The topological polar surface area (TPSA) is 61.8 Å². The van der Waals surface area contributed by atoms with Gasteiger partial charge in [-0.25, -0.2) is 9.18 Å². The van der Waals surface area contributed by atoms with Gasteiger partial charge in [-0.05, 0) is 44.7 Å². The largest absolute Gasteiger partial charge is 0.491 e. The van der Waals surface area contributed by atoms with Crippen molar-refractivity contribution in [3.8, 4) is 5.75 Å². The summed E-state index contributed by atoms with van der Waals surface area (Å²) in [5, 5.41) is 12.4. The van der Waals surface area contributed by atoms with Crippen molar-refractivity contribution in [1.82, 2.24) is 4.90 Å². The van der Waals surface area contributed by atoms with Gasteiger partial charge in [0.15, 0.2) is 0 Å². The normalized spacial score (nSPS) is 14.6. The zero-order valence-corrected chi connectivity index (χ0v) is 13.2. The third-order valence-corrected chi connectivity index (χ3v) is 3.33. The van der Waals surface area contributed by atoms with Crippen LogP contribution in [0.5, 0.6) is 5.75 Å². The second-order valence-electron chi connectivity index (χ2n) is 6.49. The molecule has 2 N–H and O–H groups in total. The molecular weight excluding hydrogens is 287 g/mol. The molecule has 22 heavy (non-hydrogen) atoms. The minimum Gasteiger partial charge on any atom is -0.491 e. The Labute approximate surface area is 130 Å². The minimum atomic E-state index is -0.986. The van der Waals surface area contributed by atoms with Crippen LogP contribution in [0.2, 0.25) is 0 Å². The molecule has 0 saturated heterocycles. The number of benzene rings is 1. The maximum atomic E-state index is 13.4. The van der Waals surface area contributed by atoms with Crippen molar-refractivity contribution in [2.45, 2.75) is 32.3 Å². The van der Waals surface area contributed by atoms with Gasteiger partial charge in [0.05, 0.1) is 24.4 Å². The second kappa shape index (κ2) is 6.52. The highest BCUT2D eigenvalue weighted by Gasteiger charge is 2.23. The molecule has 1 aromatic carbocycles. The van der Waals surface area contributed by atoms with Gasteiger partial charge in [0.1, 0.15) is 11.6 Å². The molecule has 122 valence electrons. The summed E-state index contributed by atoms with van der Waals surface area (Å²) in [4.78, 5) is 13.5. The Bertz CT molecular complexity index is 539. The van der Waals surface area contributed by atoms with Crippen molar-refractivity contribution in [1.29, 1.82) is 0 Å². The molecule has 1 saturated carbocycles. The Balaban J connectivity index is 2.02. The molecule has 0 aliphatic heterocycles. The molecule has 1 aromatic rings. The number of aliphatic hydroxyl groups is 1. The first-order chi connectivity index (χ1) is 10.2. The van der Waals surface area contributed by atoms with Crippen LogP contribution in [-0.2, 0) is 0 Å². The first-order valence-corrected chi connectivity index (χ1v) is 7.41. The van der Waals surface area contributed by atoms with E-state index in [4.69, 9.17) is 4.74 Å². The summed E-state index contributed by atoms with van der Waals surface area (Å²) < 4.78 is 19.0. The van der Waals surface area contributed by atoms with E-state index in [9.17, 15) is 14.3 Å². The Kier molecular flexibility index (Phi) is 4.90. The van der Waals surface area contributed by atoms with E-state index >= 15 is 0 Å². The summed E-state index contributed by atoms with van der Waals surface area (Å²) in [6, 6.07) is 3.64. The van der Waals surface area contributed by atoms with Crippen LogP contribution in [0.3, 0.4) is 0 Å². The first kappa shape index (κ1) is 16.5.